The van der Waals surface area contributed by atoms with Crippen molar-refractivity contribution in [1.82, 2.24) is 0 Å². The van der Waals surface area contributed by atoms with E-state index in [9.17, 15) is 13.2 Å². The van der Waals surface area contributed by atoms with E-state index in [2.05, 4.69) is 10.0 Å². The number of hydrogen-bond acceptors (Lipinski definition) is 3. The Kier molecular flexibility index (Phi) is 5.28. The summed E-state index contributed by atoms with van der Waals surface area (Å²) in [7, 11) is -3.71. The molecule has 6 heteroatoms. The molecule has 0 bridgehead atoms. The lowest BCUT2D eigenvalue weighted by molar-refractivity contribution is 0.102. The third kappa shape index (κ3) is 4.54. The molecule has 0 radical (unpaired) electrons. The summed E-state index contributed by atoms with van der Waals surface area (Å²) in [4.78, 5) is 12.7. The van der Waals surface area contributed by atoms with Crippen LogP contribution in [0, 0.1) is 13.8 Å². The van der Waals surface area contributed by atoms with Crippen LogP contribution in [0.25, 0.3) is 0 Å². The van der Waals surface area contributed by atoms with Crippen LogP contribution in [-0.2, 0) is 10.0 Å². The summed E-state index contributed by atoms with van der Waals surface area (Å²) in [5, 5.41) is 2.83. The van der Waals surface area contributed by atoms with Crippen molar-refractivity contribution in [2.45, 2.75) is 18.7 Å². The Balaban J connectivity index is 1.79. The first-order valence-corrected chi connectivity index (χ1v) is 9.90. The van der Waals surface area contributed by atoms with Gasteiger partial charge in [-0.3, -0.25) is 9.52 Å². The Bertz CT molecular complexity index is 1080. The van der Waals surface area contributed by atoms with Crippen LogP contribution < -0.4 is 10.0 Å². The summed E-state index contributed by atoms with van der Waals surface area (Å²) in [6, 6.07) is 20.1. The SMILES string of the molecule is Cc1ccc(NC(=O)c2cccc(NS(=O)(=O)c3ccccc3)c2)cc1C. The average molecular weight is 380 g/mol. The standard InChI is InChI=1S/C21H20N2O3S/c1-15-11-12-18(13-16(15)2)22-21(24)17-7-6-8-19(14-17)23-27(25,26)20-9-4-3-5-10-20/h3-14,23H,1-2H3,(H,22,24). The van der Waals surface area contributed by atoms with Gasteiger partial charge in [0.2, 0.25) is 0 Å². The van der Waals surface area contributed by atoms with E-state index in [1.165, 1.54) is 18.2 Å². The van der Waals surface area contributed by atoms with Gasteiger partial charge in [0, 0.05) is 16.9 Å². The topological polar surface area (TPSA) is 75.3 Å². The lowest BCUT2D eigenvalue weighted by Crippen LogP contribution is -2.15. The summed E-state index contributed by atoms with van der Waals surface area (Å²) < 4.78 is 27.4. The number of nitrogens with one attached hydrogen (secondary N) is 2. The van der Waals surface area contributed by atoms with Crippen molar-refractivity contribution in [3.05, 3.63) is 89.5 Å². The molecule has 0 atom stereocenters. The van der Waals surface area contributed by atoms with Gasteiger partial charge < -0.3 is 5.32 Å². The molecule has 3 rings (SSSR count). The molecular formula is C21H20N2O3S. The molecule has 0 heterocycles. The predicted molar refractivity (Wildman–Crippen MR) is 108 cm³/mol. The Morgan fingerprint density at radius 2 is 1.52 bits per heavy atom. The van der Waals surface area contributed by atoms with E-state index in [-0.39, 0.29) is 10.8 Å². The maximum Gasteiger partial charge on any atom is 0.261 e. The molecule has 2 N–H and O–H groups in total. The van der Waals surface area contributed by atoms with E-state index in [1.807, 2.05) is 32.0 Å². The minimum absolute atomic E-state index is 0.162. The van der Waals surface area contributed by atoms with Crippen molar-refractivity contribution in [3.8, 4) is 0 Å². The molecule has 0 aromatic heterocycles. The van der Waals surface area contributed by atoms with E-state index in [1.54, 1.807) is 36.4 Å². The Labute approximate surface area is 159 Å². The molecule has 0 saturated heterocycles. The molecule has 1 amide bonds. The molecule has 27 heavy (non-hydrogen) atoms. The summed E-state index contributed by atoms with van der Waals surface area (Å²) in [5.41, 5.74) is 3.61. The Morgan fingerprint density at radius 3 is 2.22 bits per heavy atom. The van der Waals surface area contributed by atoms with Gasteiger partial charge in [-0.25, -0.2) is 8.42 Å². The Hall–Kier alpha value is -3.12. The van der Waals surface area contributed by atoms with Gasteiger partial charge in [0.1, 0.15) is 0 Å². The molecule has 0 saturated carbocycles. The highest BCUT2D eigenvalue weighted by Crippen LogP contribution is 2.19. The van der Waals surface area contributed by atoms with Gasteiger partial charge in [-0.05, 0) is 67.4 Å². The molecule has 3 aromatic carbocycles. The molecule has 0 aliphatic carbocycles. The summed E-state index contributed by atoms with van der Waals surface area (Å²) in [5.74, 6) is -0.306. The summed E-state index contributed by atoms with van der Waals surface area (Å²) in [6.45, 7) is 3.98. The second-order valence-electron chi connectivity index (χ2n) is 6.25. The van der Waals surface area contributed by atoms with Crippen LogP contribution in [0.2, 0.25) is 0 Å². The third-order valence-corrected chi connectivity index (χ3v) is 5.59. The van der Waals surface area contributed by atoms with Crippen LogP contribution in [0.15, 0.2) is 77.7 Å². The summed E-state index contributed by atoms with van der Waals surface area (Å²) in [6.07, 6.45) is 0. The molecular weight excluding hydrogens is 360 g/mol. The van der Waals surface area contributed by atoms with E-state index < -0.39 is 10.0 Å². The molecule has 0 unspecified atom stereocenters. The monoisotopic (exact) mass is 380 g/mol. The van der Waals surface area contributed by atoms with Crippen molar-refractivity contribution in [1.29, 1.82) is 0 Å². The van der Waals surface area contributed by atoms with E-state index in [4.69, 9.17) is 0 Å². The van der Waals surface area contributed by atoms with Crippen LogP contribution in [0.5, 0.6) is 0 Å². The zero-order valence-electron chi connectivity index (χ0n) is 15.1. The van der Waals surface area contributed by atoms with Crippen LogP contribution in [0.1, 0.15) is 21.5 Å². The van der Waals surface area contributed by atoms with Gasteiger partial charge in [-0.1, -0.05) is 30.3 Å². The van der Waals surface area contributed by atoms with Gasteiger partial charge in [0.25, 0.3) is 15.9 Å². The Morgan fingerprint density at radius 1 is 0.778 bits per heavy atom. The zero-order valence-corrected chi connectivity index (χ0v) is 15.9. The van der Waals surface area contributed by atoms with Gasteiger partial charge in [0.05, 0.1) is 4.90 Å². The van der Waals surface area contributed by atoms with Gasteiger partial charge >= 0.3 is 0 Å². The third-order valence-electron chi connectivity index (χ3n) is 4.20. The second kappa shape index (κ2) is 7.63. The molecule has 0 aliphatic rings. The normalized spacial score (nSPS) is 11.0. The highest BCUT2D eigenvalue weighted by molar-refractivity contribution is 7.92. The molecule has 5 nitrogen and oxygen atoms in total. The number of anilines is 2. The number of sulfonamides is 1. The fourth-order valence-corrected chi connectivity index (χ4v) is 3.63. The first kappa shape index (κ1) is 18.7. The van der Waals surface area contributed by atoms with Crippen LogP contribution in [-0.4, -0.2) is 14.3 Å². The average Bonchev–Trinajstić information content (AvgIpc) is 2.65. The van der Waals surface area contributed by atoms with Crippen molar-refractivity contribution in [2.75, 3.05) is 10.0 Å². The molecule has 0 fully saturated rings. The maximum atomic E-state index is 12.5. The first-order valence-electron chi connectivity index (χ1n) is 8.42. The first-order chi connectivity index (χ1) is 12.8. The molecule has 3 aromatic rings. The molecule has 0 aliphatic heterocycles. The van der Waals surface area contributed by atoms with Crippen molar-refractivity contribution < 1.29 is 13.2 Å². The number of aryl methyl sites for hydroxylation is 2. The second-order valence-corrected chi connectivity index (χ2v) is 7.93. The van der Waals surface area contributed by atoms with Gasteiger partial charge in [-0.2, -0.15) is 0 Å². The van der Waals surface area contributed by atoms with E-state index in [0.29, 0.717) is 16.9 Å². The lowest BCUT2D eigenvalue weighted by atomic mass is 10.1. The lowest BCUT2D eigenvalue weighted by Gasteiger charge is -2.11. The maximum absolute atomic E-state index is 12.5. The number of benzene rings is 3. The minimum Gasteiger partial charge on any atom is -0.322 e. The summed E-state index contributed by atoms with van der Waals surface area (Å²) >= 11 is 0. The van der Waals surface area contributed by atoms with Crippen LogP contribution in [0.3, 0.4) is 0 Å². The fraction of sp³-hybridized carbons (Fsp3) is 0.0952. The minimum atomic E-state index is -3.71. The fourth-order valence-electron chi connectivity index (χ4n) is 2.56. The number of hydrogen-bond donors (Lipinski definition) is 2. The predicted octanol–water partition coefficient (Wildman–Crippen LogP) is 4.36. The van der Waals surface area contributed by atoms with Gasteiger partial charge in [-0.15, -0.1) is 0 Å². The largest absolute Gasteiger partial charge is 0.322 e. The zero-order chi connectivity index (χ0) is 19.4. The number of amides is 1. The van der Waals surface area contributed by atoms with Crippen molar-refractivity contribution >= 4 is 27.3 Å². The highest BCUT2D eigenvalue weighted by atomic mass is 32.2. The highest BCUT2D eigenvalue weighted by Gasteiger charge is 2.14. The van der Waals surface area contributed by atoms with Crippen molar-refractivity contribution in [3.63, 3.8) is 0 Å². The van der Waals surface area contributed by atoms with Gasteiger partial charge in [0.15, 0.2) is 0 Å². The number of carbonyl (C=O) groups is 1. The molecule has 0 spiro atoms. The quantitative estimate of drug-likeness (QED) is 0.691. The number of carbonyl (C=O) groups excluding carboxylic acids is 1. The van der Waals surface area contributed by atoms with E-state index >= 15 is 0 Å². The van der Waals surface area contributed by atoms with E-state index in [0.717, 1.165) is 11.1 Å². The molecule has 138 valence electrons. The van der Waals surface area contributed by atoms with Crippen LogP contribution in [0.4, 0.5) is 11.4 Å². The smallest absolute Gasteiger partial charge is 0.261 e. The number of rotatable bonds is 5. The van der Waals surface area contributed by atoms with Crippen LogP contribution >= 0.6 is 0 Å². The van der Waals surface area contributed by atoms with Crippen molar-refractivity contribution in [2.24, 2.45) is 0 Å².